The summed E-state index contributed by atoms with van der Waals surface area (Å²) in [5.74, 6) is 2.37. The quantitative estimate of drug-likeness (QED) is 0.425. The third kappa shape index (κ3) is 5.67. The fourth-order valence-electron chi connectivity index (χ4n) is 2.81. The lowest BCUT2D eigenvalue weighted by atomic mass is 9.95. The fraction of sp³-hybridized carbons (Fsp3) is 0.667. The SMILES string of the molecule is CN=C(NCc1nc(C)c(C)o1)N1CCCC(CC(N)=O)C1.I. The number of halogens is 1. The second-order valence-electron chi connectivity index (χ2n) is 5.77. The highest BCUT2D eigenvalue weighted by atomic mass is 127. The standard InChI is InChI=1S/C15H25N5O2.HI/c1-10-11(2)22-14(19-10)8-18-15(17-3)20-6-4-5-12(9-20)7-13(16)21;/h12H,4-9H2,1-3H3,(H2,16,21)(H,17,18);1H. The van der Waals surface area contributed by atoms with Crippen molar-refractivity contribution in [1.29, 1.82) is 0 Å². The third-order valence-electron chi connectivity index (χ3n) is 3.99. The van der Waals surface area contributed by atoms with Crippen molar-refractivity contribution >= 4 is 35.8 Å². The first-order valence-electron chi connectivity index (χ1n) is 7.66. The normalized spacial score (nSPS) is 18.5. The maximum absolute atomic E-state index is 11.1. The number of primary amides is 1. The monoisotopic (exact) mass is 435 g/mol. The first kappa shape index (κ1) is 19.7. The van der Waals surface area contributed by atoms with Crippen molar-refractivity contribution in [3.8, 4) is 0 Å². The van der Waals surface area contributed by atoms with Crippen LogP contribution in [0.1, 0.15) is 36.6 Å². The zero-order valence-electron chi connectivity index (χ0n) is 14.0. The zero-order chi connectivity index (χ0) is 16.1. The van der Waals surface area contributed by atoms with Gasteiger partial charge in [-0.3, -0.25) is 9.79 Å². The van der Waals surface area contributed by atoms with Crippen LogP contribution in [0.25, 0.3) is 0 Å². The molecular weight excluding hydrogens is 409 g/mol. The number of oxazole rings is 1. The number of likely N-dealkylation sites (tertiary alicyclic amines) is 1. The number of piperidine rings is 1. The highest BCUT2D eigenvalue weighted by Crippen LogP contribution is 2.19. The number of amides is 1. The van der Waals surface area contributed by atoms with E-state index in [4.69, 9.17) is 10.2 Å². The number of hydrogen-bond donors (Lipinski definition) is 2. The van der Waals surface area contributed by atoms with Crippen LogP contribution in [0.5, 0.6) is 0 Å². The number of aliphatic imine (C=N–C) groups is 1. The summed E-state index contributed by atoms with van der Waals surface area (Å²) in [6.45, 7) is 6.05. The maximum atomic E-state index is 11.1. The van der Waals surface area contributed by atoms with Crippen LogP contribution in [0.3, 0.4) is 0 Å². The van der Waals surface area contributed by atoms with Gasteiger partial charge in [-0.2, -0.15) is 0 Å². The number of carbonyl (C=O) groups is 1. The average Bonchev–Trinajstić information content (AvgIpc) is 2.78. The number of nitrogens with two attached hydrogens (primary N) is 1. The van der Waals surface area contributed by atoms with Gasteiger partial charge in [0.25, 0.3) is 0 Å². The molecule has 2 heterocycles. The second kappa shape index (κ2) is 9.09. The number of nitrogens with zero attached hydrogens (tertiary/aromatic N) is 3. The Morgan fingerprint density at radius 3 is 2.83 bits per heavy atom. The summed E-state index contributed by atoms with van der Waals surface area (Å²) in [4.78, 5) is 21.9. The number of aryl methyl sites for hydroxylation is 2. The van der Waals surface area contributed by atoms with Gasteiger partial charge in [-0.1, -0.05) is 0 Å². The van der Waals surface area contributed by atoms with E-state index in [9.17, 15) is 4.79 Å². The first-order valence-corrected chi connectivity index (χ1v) is 7.66. The van der Waals surface area contributed by atoms with Gasteiger partial charge in [0.1, 0.15) is 5.76 Å². The topological polar surface area (TPSA) is 96.8 Å². The lowest BCUT2D eigenvalue weighted by Crippen LogP contribution is -2.46. The fourth-order valence-corrected chi connectivity index (χ4v) is 2.81. The number of carbonyl (C=O) groups excluding carboxylic acids is 1. The van der Waals surface area contributed by atoms with Crippen LogP contribution in [0.2, 0.25) is 0 Å². The minimum atomic E-state index is -0.236. The van der Waals surface area contributed by atoms with Gasteiger partial charge < -0.3 is 20.4 Å². The van der Waals surface area contributed by atoms with Crippen molar-refractivity contribution in [2.24, 2.45) is 16.6 Å². The summed E-state index contributed by atoms with van der Waals surface area (Å²) in [6, 6.07) is 0. The molecule has 1 aliphatic heterocycles. The lowest BCUT2D eigenvalue weighted by Gasteiger charge is -2.34. The van der Waals surface area contributed by atoms with Gasteiger partial charge in [0.15, 0.2) is 5.96 Å². The molecule has 23 heavy (non-hydrogen) atoms. The van der Waals surface area contributed by atoms with Crippen molar-refractivity contribution in [1.82, 2.24) is 15.2 Å². The molecule has 0 saturated carbocycles. The van der Waals surface area contributed by atoms with E-state index >= 15 is 0 Å². The maximum Gasteiger partial charge on any atom is 0.217 e. The number of guanidine groups is 1. The molecule has 0 aromatic carbocycles. The van der Waals surface area contributed by atoms with E-state index in [0.717, 1.165) is 43.3 Å². The Labute approximate surface area is 154 Å². The van der Waals surface area contributed by atoms with Crippen LogP contribution in [0.15, 0.2) is 9.41 Å². The number of hydrogen-bond acceptors (Lipinski definition) is 4. The molecule has 1 aromatic heterocycles. The summed E-state index contributed by atoms with van der Waals surface area (Å²) >= 11 is 0. The number of aromatic nitrogens is 1. The van der Waals surface area contributed by atoms with Crippen molar-refractivity contribution in [2.75, 3.05) is 20.1 Å². The summed E-state index contributed by atoms with van der Waals surface area (Å²) in [5.41, 5.74) is 6.21. The molecular formula is C15H26IN5O2. The van der Waals surface area contributed by atoms with Gasteiger partial charge in [0, 0.05) is 26.6 Å². The van der Waals surface area contributed by atoms with E-state index in [0.29, 0.717) is 24.8 Å². The molecule has 1 amide bonds. The largest absolute Gasteiger partial charge is 0.444 e. The molecule has 7 nitrogen and oxygen atoms in total. The van der Waals surface area contributed by atoms with E-state index < -0.39 is 0 Å². The summed E-state index contributed by atoms with van der Waals surface area (Å²) in [5, 5.41) is 3.27. The average molecular weight is 435 g/mol. The molecule has 1 saturated heterocycles. The van der Waals surface area contributed by atoms with Crippen LogP contribution in [-0.4, -0.2) is 41.9 Å². The summed E-state index contributed by atoms with van der Waals surface area (Å²) in [7, 11) is 1.76. The second-order valence-corrected chi connectivity index (χ2v) is 5.77. The molecule has 3 N–H and O–H groups in total. The van der Waals surface area contributed by atoms with E-state index in [2.05, 4.69) is 20.2 Å². The van der Waals surface area contributed by atoms with Gasteiger partial charge in [0.05, 0.1) is 12.2 Å². The Morgan fingerprint density at radius 2 is 2.26 bits per heavy atom. The highest BCUT2D eigenvalue weighted by molar-refractivity contribution is 14.0. The van der Waals surface area contributed by atoms with Crippen LogP contribution in [0.4, 0.5) is 0 Å². The molecule has 1 atom stereocenters. The molecule has 1 fully saturated rings. The molecule has 1 unspecified atom stereocenters. The van der Waals surface area contributed by atoms with Crippen LogP contribution < -0.4 is 11.1 Å². The molecule has 0 spiro atoms. The Bertz CT molecular complexity index is 539. The van der Waals surface area contributed by atoms with Gasteiger partial charge in [-0.15, -0.1) is 24.0 Å². The van der Waals surface area contributed by atoms with Crippen LogP contribution in [-0.2, 0) is 11.3 Å². The van der Waals surface area contributed by atoms with Crippen molar-refractivity contribution < 1.29 is 9.21 Å². The van der Waals surface area contributed by atoms with E-state index in [1.165, 1.54) is 0 Å². The Hall–Kier alpha value is -1.32. The molecule has 1 aromatic rings. The number of rotatable bonds is 4. The lowest BCUT2D eigenvalue weighted by molar-refractivity contribution is -0.119. The molecule has 2 rings (SSSR count). The molecule has 0 bridgehead atoms. The molecule has 130 valence electrons. The minimum absolute atomic E-state index is 0. The Kier molecular flexibility index (Phi) is 7.80. The van der Waals surface area contributed by atoms with Gasteiger partial charge in [-0.25, -0.2) is 4.98 Å². The molecule has 0 aliphatic carbocycles. The van der Waals surface area contributed by atoms with E-state index in [1.54, 1.807) is 7.05 Å². The first-order chi connectivity index (χ1) is 10.5. The van der Waals surface area contributed by atoms with Gasteiger partial charge in [0.2, 0.25) is 11.8 Å². The summed E-state index contributed by atoms with van der Waals surface area (Å²) < 4.78 is 5.56. The molecule has 8 heteroatoms. The van der Waals surface area contributed by atoms with Crippen molar-refractivity contribution in [3.05, 3.63) is 17.3 Å². The zero-order valence-corrected chi connectivity index (χ0v) is 16.3. The Balaban J connectivity index is 0.00000264. The van der Waals surface area contributed by atoms with Gasteiger partial charge >= 0.3 is 0 Å². The molecule has 0 radical (unpaired) electrons. The highest BCUT2D eigenvalue weighted by Gasteiger charge is 2.23. The smallest absolute Gasteiger partial charge is 0.217 e. The van der Waals surface area contributed by atoms with E-state index in [1.807, 2.05) is 13.8 Å². The van der Waals surface area contributed by atoms with E-state index in [-0.39, 0.29) is 29.9 Å². The van der Waals surface area contributed by atoms with Crippen molar-refractivity contribution in [3.63, 3.8) is 0 Å². The predicted octanol–water partition coefficient (Wildman–Crippen LogP) is 1.57. The van der Waals surface area contributed by atoms with Crippen LogP contribution in [0, 0.1) is 19.8 Å². The van der Waals surface area contributed by atoms with Crippen molar-refractivity contribution in [2.45, 2.75) is 39.7 Å². The van der Waals surface area contributed by atoms with Gasteiger partial charge in [-0.05, 0) is 32.6 Å². The minimum Gasteiger partial charge on any atom is -0.444 e. The Morgan fingerprint density at radius 1 is 1.52 bits per heavy atom. The number of nitrogens with one attached hydrogen (secondary N) is 1. The van der Waals surface area contributed by atoms with Crippen LogP contribution >= 0.6 is 24.0 Å². The summed E-state index contributed by atoms with van der Waals surface area (Å²) in [6.07, 6.45) is 2.51. The molecule has 1 aliphatic rings. The predicted molar refractivity (Wildman–Crippen MR) is 99.7 cm³/mol. The third-order valence-corrected chi connectivity index (χ3v) is 3.99.